The van der Waals surface area contributed by atoms with E-state index < -0.39 is 16.5 Å². The molecular weight excluding hydrogens is 190 g/mol. The van der Waals surface area contributed by atoms with Crippen LogP contribution in [-0.2, 0) is 0 Å². The molecule has 0 aromatic rings. The van der Waals surface area contributed by atoms with Crippen LogP contribution < -0.4 is 0 Å². The Labute approximate surface area is 86.0 Å². The third kappa shape index (κ3) is 4.79. The number of hydrogen-bond acceptors (Lipinski definition) is 1. The molecule has 0 aromatic heterocycles. The van der Waals surface area contributed by atoms with E-state index in [0.717, 1.165) is 6.54 Å². The van der Waals surface area contributed by atoms with Crippen LogP contribution in [0.3, 0.4) is 0 Å². The standard InChI is InChI=1S/C10H25NSi2/c1-10(2)9-11(12(3,4)5)13(6,7)8/h1,9H2,2-8H3. The van der Waals surface area contributed by atoms with Crippen molar-refractivity contribution < 1.29 is 0 Å². The Balaban J connectivity index is 4.68. The molecule has 0 heterocycles. The van der Waals surface area contributed by atoms with Gasteiger partial charge < -0.3 is 4.23 Å². The van der Waals surface area contributed by atoms with Crippen molar-refractivity contribution >= 4 is 16.5 Å². The Morgan fingerprint density at radius 3 is 1.38 bits per heavy atom. The van der Waals surface area contributed by atoms with Gasteiger partial charge in [-0.1, -0.05) is 51.4 Å². The average molecular weight is 215 g/mol. The van der Waals surface area contributed by atoms with Crippen molar-refractivity contribution in [3.05, 3.63) is 12.2 Å². The van der Waals surface area contributed by atoms with Gasteiger partial charge in [-0.25, -0.2) is 0 Å². The van der Waals surface area contributed by atoms with Gasteiger partial charge in [-0.2, -0.15) is 0 Å². The summed E-state index contributed by atoms with van der Waals surface area (Å²) in [4.78, 5) is 0. The van der Waals surface area contributed by atoms with Crippen molar-refractivity contribution in [2.24, 2.45) is 0 Å². The molecule has 0 unspecified atom stereocenters. The van der Waals surface area contributed by atoms with Crippen molar-refractivity contribution in [3.63, 3.8) is 0 Å². The van der Waals surface area contributed by atoms with Gasteiger partial charge in [0, 0.05) is 6.54 Å². The lowest BCUT2D eigenvalue weighted by atomic mass is 10.4. The first kappa shape index (κ1) is 13.1. The lowest BCUT2D eigenvalue weighted by Crippen LogP contribution is -2.59. The zero-order valence-corrected chi connectivity index (χ0v) is 12.4. The van der Waals surface area contributed by atoms with Crippen molar-refractivity contribution in [1.82, 2.24) is 4.23 Å². The molecule has 0 saturated heterocycles. The molecule has 0 aliphatic heterocycles. The van der Waals surface area contributed by atoms with E-state index in [-0.39, 0.29) is 0 Å². The maximum atomic E-state index is 4.02. The SMILES string of the molecule is C=C(C)CN([Si](C)(C)C)[Si](C)(C)C. The van der Waals surface area contributed by atoms with Crippen molar-refractivity contribution in [2.45, 2.75) is 46.2 Å². The van der Waals surface area contributed by atoms with E-state index in [9.17, 15) is 0 Å². The van der Waals surface area contributed by atoms with Gasteiger partial charge >= 0.3 is 0 Å². The molecule has 0 spiro atoms. The van der Waals surface area contributed by atoms with Gasteiger partial charge in [0.2, 0.25) is 0 Å². The minimum atomic E-state index is -1.15. The lowest BCUT2D eigenvalue weighted by Gasteiger charge is -2.43. The molecule has 0 rings (SSSR count). The summed E-state index contributed by atoms with van der Waals surface area (Å²) < 4.78 is 2.75. The Morgan fingerprint density at radius 1 is 1.00 bits per heavy atom. The quantitative estimate of drug-likeness (QED) is 0.512. The predicted molar refractivity (Wildman–Crippen MR) is 68.2 cm³/mol. The van der Waals surface area contributed by atoms with Crippen LogP contribution in [0, 0.1) is 0 Å². The lowest BCUT2D eigenvalue weighted by molar-refractivity contribution is 0.667. The van der Waals surface area contributed by atoms with Gasteiger partial charge in [0.25, 0.3) is 0 Å². The van der Waals surface area contributed by atoms with Gasteiger partial charge in [-0.3, -0.25) is 0 Å². The Hall–Kier alpha value is 0.134. The van der Waals surface area contributed by atoms with E-state index in [1.807, 2.05) is 0 Å². The molecule has 0 amide bonds. The van der Waals surface area contributed by atoms with Crippen LogP contribution in [-0.4, -0.2) is 27.2 Å². The second kappa shape index (κ2) is 4.11. The Morgan fingerprint density at radius 2 is 1.31 bits per heavy atom. The Bertz CT molecular complexity index is 172. The molecule has 0 saturated carbocycles. The molecule has 78 valence electrons. The third-order valence-electron chi connectivity index (χ3n) is 2.05. The summed E-state index contributed by atoms with van der Waals surface area (Å²) in [6.07, 6.45) is 0. The van der Waals surface area contributed by atoms with Gasteiger partial charge in [0.1, 0.15) is 16.5 Å². The fourth-order valence-corrected chi connectivity index (χ4v) is 11.3. The molecule has 0 aliphatic rings. The van der Waals surface area contributed by atoms with Crippen LogP contribution >= 0.6 is 0 Å². The van der Waals surface area contributed by atoms with E-state index in [4.69, 9.17) is 0 Å². The summed E-state index contributed by atoms with van der Waals surface area (Å²) in [5.74, 6) is 0. The van der Waals surface area contributed by atoms with Crippen molar-refractivity contribution in [1.29, 1.82) is 0 Å². The van der Waals surface area contributed by atoms with Gasteiger partial charge in [0.15, 0.2) is 0 Å². The second-order valence-corrected chi connectivity index (χ2v) is 16.1. The highest BCUT2D eigenvalue weighted by Gasteiger charge is 2.33. The highest BCUT2D eigenvalue weighted by atomic mass is 28.4. The summed E-state index contributed by atoms with van der Waals surface area (Å²) in [7, 11) is -2.30. The third-order valence-corrected chi connectivity index (χ3v) is 9.63. The zero-order chi connectivity index (χ0) is 10.9. The molecule has 0 fully saturated rings. The molecular formula is C10H25NSi2. The highest BCUT2D eigenvalue weighted by molar-refractivity contribution is 6.89. The summed E-state index contributed by atoms with van der Waals surface area (Å²) in [6.45, 7) is 21.8. The van der Waals surface area contributed by atoms with E-state index >= 15 is 0 Å². The normalized spacial score (nSPS) is 13.5. The molecule has 0 aromatic carbocycles. The summed E-state index contributed by atoms with van der Waals surface area (Å²) in [6, 6.07) is 0. The molecule has 13 heavy (non-hydrogen) atoms. The predicted octanol–water partition coefficient (Wildman–Crippen LogP) is 3.53. The van der Waals surface area contributed by atoms with Gasteiger partial charge in [-0.05, 0) is 6.92 Å². The van der Waals surface area contributed by atoms with Crippen LogP contribution in [0.15, 0.2) is 12.2 Å². The molecule has 0 atom stereocenters. The first-order valence-electron chi connectivity index (χ1n) is 4.97. The second-order valence-electron chi connectivity index (χ2n) is 5.88. The largest absolute Gasteiger partial charge is 0.342 e. The van der Waals surface area contributed by atoms with Crippen LogP contribution in [0.2, 0.25) is 39.3 Å². The fourth-order valence-electron chi connectivity index (χ4n) is 1.75. The van der Waals surface area contributed by atoms with Crippen molar-refractivity contribution in [2.75, 3.05) is 6.54 Å². The smallest absolute Gasteiger partial charge is 0.112 e. The monoisotopic (exact) mass is 215 g/mol. The molecule has 0 bridgehead atoms. The molecule has 0 N–H and O–H groups in total. The zero-order valence-electron chi connectivity index (χ0n) is 10.4. The van der Waals surface area contributed by atoms with E-state index in [2.05, 4.69) is 57.0 Å². The summed E-state index contributed by atoms with van der Waals surface area (Å²) in [5.41, 5.74) is 1.30. The molecule has 0 aliphatic carbocycles. The maximum Gasteiger partial charge on any atom is 0.112 e. The summed E-state index contributed by atoms with van der Waals surface area (Å²) >= 11 is 0. The Kier molecular flexibility index (Phi) is 4.15. The maximum absolute atomic E-state index is 4.02. The van der Waals surface area contributed by atoms with E-state index in [1.54, 1.807) is 0 Å². The van der Waals surface area contributed by atoms with Crippen LogP contribution in [0.4, 0.5) is 0 Å². The van der Waals surface area contributed by atoms with Gasteiger partial charge in [-0.15, -0.1) is 0 Å². The van der Waals surface area contributed by atoms with Crippen molar-refractivity contribution in [3.8, 4) is 0 Å². The minimum Gasteiger partial charge on any atom is -0.342 e. The number of nitrogens with zero attached hydrogens (tertiary/aromatic N) is 1. The van der Waals surface area contributed by atoms with Crippen LogP contribution in [0.5, 0.6) is 0 Å². The number of rotatable bonds is 4. The molecule has 1 nitrogen and oxygen atoms in total. The molecule has 3 heteroatoms. The first-order valence-corrected chi connectivity index (χ1v) is 11.9. The van der Waals surface area contributed by atoms with E-state index in [1.165, 1.54) is 5.57 Å². The summed E-state index contributed by atoms with van der Waals surface area (Å²) in [5, 5.41) is 0. The minimum absolute atomic E-state index is 1.10. The topological polar surface area (TPSA) is 3.24 Å². The van der Waals surface area contributed by atoms with Crippen LogP contribution in [0.1, 0.15) is 6.92 Å². The van der Waals surface area contributed by atoms with Crippen LogP contribution in [0.25, 0.3) is 0 Å². The number of hydrogen-bond donors (Lipinski definition) is 0. The molecule has 0 radical (unpaired) electrons. The van der Waals surface area contributed by atoms with E-state index in [0.29, 0.717) is 0 Å². The first-order chi connectivity index (χ1) is 5.55. The average Bonchev–Trinajstić information content (AvgIpc) is 1.77. The van der Waals surface area contributed by atoms with Gasteiger partial charge in [0.05, 0.1) is 0 Å². The highest BCUT2D eigenvalue weighted by Crippen LogP contribution is 2.20. The fraction of sp³-hybridized carbons (Fsp3) is 0.800.